The van der Waals surface area contributed by atoms with Crippen LogP contribution in [0.25, 0.3) is 0 Å². The molecule has 6 nitrogen and oxygen atoms in total. The third-order valence-electron chi connectivity index (χ3n) is 3.98. The maximum absolute atomic E-state index is 12.5. The number of likely N-dealkylation sites (tertiary alicyclic amines) is 1. The molecule has 0 aliphatic carbocycles. The Bertz CT molecular complexity index is 535. The van der Waals surface area contributed by atoms with Crippen molar-refractivity contribution in [2.75, 3.05) is 32.7 Å². The number of halogens is 4. The molecule has 26 heavy (non-hydrogen) atoms. The first kappa shape index (κ1) is 23.0. The summed E-state index contributed by atoms with van der Waals surface area (Å²) in [6, 6.07) is 1.87. The van der Waals surface area contributed by atoms with Gasteiger partial charge in [0.05, 0.1) is 6.54 Å². The predicted molar refractivity (Wildman–Crippen MR) is 107 cm³/mol. The lowest BCUT2D eigenvalue weighted by Crippen LogP contribution is -2.45. The lowest BCUT2D eigenvalue weighted by molar-refractivity contribution is -0.143. The summed E-state index contributed by atoms with van der Waals surface area (Å²) >= 11 is 0. The maximum Gasteiger partial charge on any atom is 0.401 e. The number of aromatic nitrogens is 2. The average Bonchev–Trinajstić information content (AvgIpc) is 3.15. The van der Waals surface area contributed by atoms with E-state index in [-0.39, 0.29) is 30.0 Å². The van der Waals surface area contributed by atoms with Crippen LogP contribution in [0.1, 0.15) is 20.3 Å². The van der Waals surface area contributed by atoms with Crippen molar-refractivity contribution in [3.05, 3.63) is 18.5 Å². The zero-order valence-electron chi connectivity index (χ0n) is 15.2. The lowest BCUT2D eigenvalue weighted by atomic mass is 10.2. The van der Waals surface area contributed by atoms with Crippen LogP contribution in [0.2, 0.25) is 0 Å². The minimum atomic E-state index is -4.14. The van der Waals surface area contributed by atoms with Crippen LogP contribution < -0.4 is 10.6 Å². The lowest BCUT2D eigenvalue weighted by Gasteiger charge is -2.20. The van der Waals surface area contributed by atoms with Crippen molar-refractivity contribution < 1.29 is 13.2 Å². The molecule has 2 atom stereocenters. The number of nitrogens with one attached hydrogen (secondary N) is 2. The first-order valence-corrected chi connectivity index (χ1v) is 8.67. The van der Waals surface area contributed by atoms with E-state index in [2.05, 4.69) is 27.6 Å². The van der Waals surface area contributed by atoms with Gasteiger partial charge in [0.2, 0.25) is 0 Å². The summed E-state index contributed by atoms with van der Waals surface area (Å²) in [6.45, 7) is 6.15. The fourth-order valence-corrected chi connectivity index (χ4v) is 2.89. The molecule has 2 rings (SSSR count). The molecular weight excluding hydrogens is 460 g/mol. The quantitative estimate of drug-likeness (QED) is 0.352. The number of hydrogen-bond acceptors (Lipinski definition) is 3. The number of nitrogens with zero attached hydrogens (tertiary/aromatic N) is 4. The smallest absolute Gasteiger partial charge is 0.357 e. The van der Waals surface area contributed by atoms with Crippen molar-refractivity contribution in [3.63, 3.8) is 0 Å². The molecule has 1 aliphatic rings. The van der Waals surface area contributed by atoms with E-state index in [4.69, 9.17) is 0 Å². The summed E-state index contributed by atoms with van der Waals surface area (Å²) < 4.78 is 39.3. The fraction of sp³-hybridized carbons (Fsp3) is 0.750. The van der Waals surface area contributed by atoms with Gasteiger partial charge >= 0.3 is 6.18 Å². The van der Waals surface area contributed by atoms with Gasteiger partial charge in [0.1, 0.15) is 0 Å². The van der Waals surface area contributed by atoms with E-state index < -0.39 is 12.7 Å². The van der Waals surface area contributed by atoms with E-state index in [1.807, 2.05) is 23.9 Å². The van der Waals surface area contributed by atoms with E-state index in [9.17, 15) is 13.2 Å². The van der Waals surface area contributed by atoms with Gasteiger partial charge in [-0.25, -0.2) is 0 Å². The molecule has 0 radical (unpaired) electrons. The average molecular weight is 488 g/mol. The zero-order chi connectivity index (χ0) is 18.3. The van der Waals surface area contributed by atoms with Gasteiger partial charge in [0, 0.05) is 51.2 Å². The van der Waals surface area contributed by atoms with Crippen molar-refractivity contribution in [2.24, 2.45) is 10.9 Å². The summed E-state index contributed by atoms with van der Waals surface area (Å²) in [4.78, 5) is 6.00. The van der Waals surface area contributed by atoms with Gasteiger partial charge in [-0.2, -0.15) is 18.3 Å². The van der Waals surface area contributed by atoms with E-state index in [0.29, 0.717) is 44.5 Å². The monoisotopic (exact) mass is 488 g/mol. The SMILES string of the molecule is CCNC(=NCC(C)Cn1cccn1)NC1CCN(CC(F)(F)F)C1.I. The van der Waals surface area contributed by atoms with Gasteiger partial charge in [-0.3, -0.25) is 14.6 Å². The molecule has 0 bridgehead atoms. The standard InChI is InChI=1S/C16H27F3N6.HI/c1-3-20-15(21-9-13(2)10-25-7-4-6-22-25)23-14-5-8-24(11-14)12-16(17,18)19;/h4,6-7,13-14H,3,5,8-12H2,1-2H3,(H2,20,21,23);1H. The molecule has 150 valence electrons. The normalized spacial score (nSPS) is 19.9. The fourth-order valence-electron chi connectivity index (χ4n) is 2.89. The Morgan fingerprint density at radius 3 is 2.81 bits per heavy atom. The Kier molecular flexibility index (Phi) is 9.69. The summed E-state index contributed by atoms with van der Waals surface area (Å²) in [6.07, 6.45) is 0.199. The van der Waals surface area contributed by atoms with E-state index in [1.165, 1.54) is 4.90 Å². The van der Waals surface area contributed by atoms with Gasteiger partial charge in [0.15, 0.2) is 5.96 Å². The molecule has 2 N–H and O–H groups in total. The third-order valence-corrected chi connectivity index (χ3v) is 3.98. The highest BCUT2D eigenvalue weighted by atomic mass is 127. The molecule has 1 saturated heterocycles. The topological polar surface area (TPSA) is 57.5 Å². The molecule has 0 saturated carbocycles. The molecule has 2 heterocycles. The summed E-state index contributed by atoms with van der Waals surface area (Å²) in [5.74, 6) is 0.967. The maximum atomic E-state index is 12.5. The molecule has 1 fully saturated rings. The minimum absolute atomic E-state index is 0. The first-order chi connectivity index (χ1) is 11.9. The highest BCUT2D eigenvalue weighted by Crippen LogP contribution is 2.19. The largest absolute Gasteiger partial charge is 0.401 e. The van der Waals surface area contributed by atoms with E-state index in [1.54, 1.807) is 6.20 Å². The van der Waals surface area contributed by atoms with Crippen molar-refractivity contribution in [3.8, 4) is 0 Å². The Morgan fingerprint density at radius 2 is 2.19 bits per heavy atom. The molecule has 0 aromatic carbocycles. The van der Waals surface area contributed by atoms with Crippen LogP contribution in [0.4, 0.5) is 13.2 Å². The molecule has 0 spiro atoms. The van der Waals surface area contributed by atoms with E-state index in [0.717, 1.165) is 6.54 Å². The zero-order valence-corrected chi connectivity index (χ0v) is 17.5. The van der Waals surface area contributed by atoms with Crippen molar-refractivity contribution in [1.82, 2.24) is 25.3 Å². The molecule has 1 aromatic rings. The highest BCUT2D eigenvalue weighted by molar-refractivity contribution is 14.0. The summed E-state index contributed by atoms with van der Waals surface area (Å²) in [5.41, 5.74) is 0. The number of hydrogen-bond donors (Lipinski definition) is 2. The second-order valence-electron chi connectivity index (χ2n) is 6.53. The molecule has 10 heteroatoms. The van der Waals surface area contributed by atoms with Crippen molar-refractivity contribution >= 4 is 29.9 Å². The van der Waals surface area contributed by atoms with Gasteiger partial charge in [-0.15, -0.1) is 24.0 Å². The van der Waals surface area contributed by atoms with Crippen molar-refractivity contribution in [1.29, 1.82) is 0 Å². The van der Waals surface area contributed by atoms with Gasteiger partial charge in [-0.1, -0.05) is 6.92 Å². The van der Waals surface area contributed by atoms with Crippen LogP contribution in [-0.2, 0) is 6.54 Å². The van der Waals surface area contributed by atoms with Gasteiger partial charge in [0.25, 0.3) is 0 Å². The van der Waals surface area contributed by atoms with Crippen molar-refractivity contribution in [2.45, 2.75) is 39.0 Å². The molecule has 2 unspecified atom stereocenters. The molecule has 1 aliphatic heterocycles. The second kappa shape index (κ2) is 11.0. The second-order valence-corrected chi connectivity index (χ2v) is 6.53. The highest BCUT2D eigenvalue weighted by Gasteiger charge is 2.34. The summed E-state index contributed by atoms with van der Waals surface area (Å²) in [5, 5.41) is 10.6. The number of rotatable bonds is 7. The number of aliphatic imine (C=N–C) groups is 1. The first-order valence-electron chi connectivity index (χ1n) is 8.67. The molecule has 1 aromatic heterocycles. The van der Waals surface area contributed by atoms with Crippen LogP contribution in [0, 0.1) is 5.92 Å². The van der Waals surface area contributed by atoms with Crippen LogP contribution >= 0.6 is 24.0 Å². The molecule has 0 amide bonds. The van der Waals surface area contributed by atoms with Gasteiger partial charge in [-0.05, 0) is 25.3 Å². The Balaban J connectivity index is 0.00000338. The van der Waals surface area contributed by atoms with Crippen LogP contribution in [0.15, 0.2) is 23.5 Å². The van der Waals surface area contributed by atoms with Crippen LogP contribution in [0.3, 0.4) is 0 Å². The Morgan fingerprint density at radius 1 is 1.42 bits per heavy atom. The number of guanidine groups is 1. The minimum Gasteiger partial charge on any atom is -0.357 e. The van der Waals surface area contributed by atoms with E-state index >= 15 is 0 Å². The third kappa shape index (κ3) is 8.56. The molecular formula is C16H28F3IN6. The number of alkyl halides is 3. The van der Waals surface area contributed by atoms with Gasteiger partial charge < -0.3 is 10.6 Å². The summed E-state index contributed by atoms with van der Waals surface area (Å²) in [7, 11) is 0. The Hall–Kier alpha value is -1.04. The van der Waals surface area contributed by atoms with Crippen LogP contribution in [-0.4, -0.2) is 65.6 Å². The predicted octanol–water partition coefficient (Wildman–Crippen LogP) is 2.33. The Labute approximate surface area is 169 Å². The van der Waals surface area contributed by atoms with Crippen LogP contribution in [0.5, 0.6) is 0 Å².